The summed E-state index contributed by atoms with van der Waals surface area (Å²) < 4.78 is 0. The summed E-state index contributed by atoms with van der Waals surface area (Å²) in [6, 6.07) is 11.3. The van der Waals surface area contributed by atoms with Crippen molar-refractivity contribution in [2.75, 3.05) is 19.6 Å². The molecule has 3 unspecified atom stereocenters. The van der Waals surface area contributed by atoms with Gasteiger partial charge in [0.15, 0.2) is 0 Å². The summed E-state index contributed by atoms with van der Waals surface area (Å²) in [5.74, 6) is 2.14. The van der Waals surface area contributed by atoms with Crippen LogP contribution in [0.15, 0.2) is 30.3 Å². The number of benzene rings is 1. The van der Waals surface area contributed by atoms with E-state index in [2.05, 4.69) is 56.0 Å². The number of nitrogens with two attached hydrogens (primary N) is 1. The second kappa shape index (κ2) is 6.53. The molecule has 0 radical (unpaired) electrons. The first kappa shape index (κ1) is 14.5. The average Bonchev–Trinajstić information content (AvgIpc) is 2.90. The van der Waals surface area contributed by atoms with E-state index in [1.54, 1.807) is 0 Å². The van der Waals surface area contributed by atoms with E-state index in [-0.39, 0.29) is 0 Å². The molecule has 0 aliphatic carbocycles. The van der Waals surface area contributed by atoms with Crippen LogP contribution in [0.3, 0.4) is 0 Å². The summed E-state index contributed by atoms with van der Waals surface area (Å²) >= 11 is 0. The Hall–Kier alpha value is -0.860. The fourth-order valence-electron chi connectivity index (χ4n) is 3.31. The van der Waals surface area contributed by atoms with Crippen LogP contribution in [-0.2, 0) is 0 Å². The smallest absolute Gasteiger partial charge is 0.0284 e. The largest absolute Gasteiger partial charge is 0.329 e. The standard InChI is InChI=1S/C17H28N2/c1-13(2)16-9-10-19(12-16)17(11-18)14(3)15-7-5-4-6-8-15/h4-8,13-14,16-17H,9-12,18H2,1-3H3. The van der Waals surface area contributed by atoms with Crippen molar-refractivity contribution in [2.24, 2.45) is 17.6 Å². The third-order valence-electron chi connectivity index (χ3n) is 4.81. The minimum absolute atomic E-state index is 0.478. The van der Waals surface area contributed by atoms with Gasteiger partial charge in [-0.1, -0.05) is 51.1 Å². The highest BCUT2D eigenvalue weighted by Gasteiger charge is 2.32. The van der Waals surface area contributed by atoms with Crippen molar-refractivity contribution in [3.63, 3.8) is 0 Å². The topological polar surface area (TPSA) is 29.3 Å². The Morgan fingerprint density at radius 1 is 1.21 bits per heavy atom. The van der Waals surface area contributed by atoms with Gasteiger partial charge in [-0.15, -0.1) is 0 Å². The number of likely N-dealkylation sites (tertiary alicyclic amines) is 1. The Kier molecular flexibility index (Phi) is 5.00. The van der Waals surface area contributed by atoms with E-state index >= 15 is 0 Å². The second-order valence-electron chi connectivity index (χ2n) is 6.29. The molecule has 2 heteroatoms. The lowest BCUT2D eigenvalue weighted by atomic mass is 9.92. The minimum Gasteiger partial charge on any atom is -0.329 e. The highest BCUT2D eigenvalue weighted by atomic mass is 15.2. The Labute approximate surface area is 118 Å². The molecule has 1 aliphatic rings. The molecule has 1 saturated heterocycles. The average molecular weight is 260 g/mol. The molecule has 0 spiro atoms. The Bertz CT molecular complexity index is 374. The quantitative estimate of drug-likeness (QED) is 0.881. The van der Waals surface area contributed by atoms with E-state index in [0.29, 0.717) is 12.0 Å². The molecule has 1 aliphatic heterocycles. The first-order chi connectivity index (χ1) is 9.13. The van der Waals surface area contributed by atoms with Gasteiger partial charge in [0.25, 0.3) is 0 Å². The molecule has 1 heterocycles. The van der Waals surface area contributed by atoms with Crippen LogP contribution < -0.4 is 5.73 Å². The van der Waals surface area contributed by atoms with Crippen LogP contribution in [0.4, 0.5) is 0 Å². The van der Waals surface area contributed by atoms with Crippen molar-refractivity contribution in [2.45, 2.75) is 39.2 Å². The normalized spacial score (nSPS) is 23.7. The molecule has 1 aromatic carbocycles. The van der Waals surface area contributed by atoms with Gasteiger partial charge in [0.05, 0.1) is 0 Å². The summed E-state index contributed by atoms with van der Waals surface area (Å²) in [6.45, 7) is 10.2. The molecule has 1 aromatic rings. The first-order valence-electron chi connectivity index (χ1n) is 7.62. The zero-order valence-electron chi connectivity index (χ0n) is 12.5. The fourth-order valence-corrected chi connectivity index (χ4v) is 3.31. The predicted molar refractivity (Wildman–Crippen MR) is 82.2 cm³/mol. The maximum Gasteiger partial charge on any atom is 0.0284 e. The maximum absolute atomic E-state index is 6.07. The fraction of sp³-hybridized carbons (Fsp3) is 0.647. The summed E-state index contributed by atoms with van der Waals surface area (Å²) in [7, 11) is 0. The van der Waals surface area contributed by atoms with Gasteiger partial charge in [-0.3, -0.25) is 4.90 Å². The monoisotopic (exact) mass is 260 g/mol. The van der Waals surface area contributed by atoms with E-state index in [0.717, 1.165) is 18.4 Å². The summed E-state index contributed by atoms with van der Waals surface area (Å²) in [5, 5.41) is 0. The number of nitrogens with zero attached hydrogens (tertiary/aromatic N) is 1. The van der Waals surface area contributed by atoms with Gasteiger partial charge in [0.2, 0.25) is 0 Å². The zero-order valence-corrected chi connectivity index (χ0v) is 12.5. The predicted octanol–water partition coefficient (Wildman–Crippen LogP) is 3.10. The maximum atomic E-state index is 6.07. The van der Waals surface area contributed by atoms with E-state index in [1.807, 2.05) is 0 Å². The first-order valence-corrected chi connectivity index (χ1v) is 7.62. The Morgan fingerprint density at radius 2 is 1.89 bits per heavy atom. The SMILES string of the molecule is CC(C)C1CCN(C(CN)C(C)c2ccccc2)C1. The molecule has 0 amide bonds. The summed E-state index contributed by atoms with van der Waals surface area (Å²) in [5.41, 5.74) is 7.48. The molecule has 2 rings (SSSR count). The lowest BCUT2D eigenvalue weighted by Crippen LogP contribution is -2.42. The molecular formula is C17H28N2. The molecule has 1 fully saturated rings. The van der Waals surface area contributed by atoms with Crippen molar-refractivity contribution in [1.29, 1.82) is 0 Å². The van der Waals surface area contributed by atoms with Gasteiger partial charge in [-0.25, -0.2) is 0 Å². The van der Waals surface area contributed by atoms with Crippen LogP contribution in [0.5, 0.6) is 0 Å². The van der Waals surface area contributed by atoms with Gasteiger partial charge >= 0.3 is 0 Å². The number of rotatable bonds is 5. The van der Waals surface area contributed by atoms with Gasteiger partial charge in [0.1, 0.15) is 0 Å². The highest BCUT2D eigenvalue weighted by Crippen LogP contribution is 2.30. The van der Waals surface area contributed by atoms with Crippen LogP contribution in [0.1, 0.15) is 38.7 Å². The molecule has 3 atom stereocenters. The highest BCUT2D eigenvalue weighted by molar-refractivity contribution is 5.21. The van der Waals surface area contributed by atoms with Crippen molar-refractivity contribution >= 4 is 0 Å². The Balaban J connectivity index is 2.04. The molecular weight excluding hydrogens is 232 g/mol. The summed E-state index contributed by atoms with van der Waals surface area (Å²) in [6.07, 6.45) is 1.33. The van der Waals surface area contributed by atoms with Crippen LogP contribution >= 0.6 is 0 Å². The molecule has 2 N–H and O–H groups in total. The summed E-state index contributed by atoms with van der Waals surface area (Å²) in [4.78, 5) is 2.61. The van der Waals surface area contributed by atoms with E-state index < -0.39 is 0 Å². The molecule has 2 nitrogen and oxygen atoms in total. The lowest BCUT2D eigenvalue weighted by molar-refractivity contribution is 0.206. The second-order valence-corrected chi connectivity index (χ2v) is 6.29. The van der Waals surface area contributed by atoms with Crippen LogP contribution in [-0.4, -0.2) is 30.6 Å². The van der Waals surface area contributed by atoms with Crippen molar-refractivity contribution < 1.29 is 0 Å². The molecule has 0 bridgehead atoms. The molecule has 0 aromatic heterocycles. The van der Waals surface area contributed by atoms with Crippen molar-refractivity contribution in [1.82, 2.24) is 4.90 Å². The minimum atomic E-state index is 0.478. The van der Waals surface area contributed by atoms with Gasteiger partial charge < -0.3 is 5.73 Å². The lowest BCUT2D eigenvalue weighted by Gasteiger charge is -2.32. The van der Waals surface area contributed by atoms with E-state index in [9.17, 15) is 0 Å². The van der Waals surface area contributed by atoms with Crippen LogP contribution in [0.25, 0.3) is 0 Å². The number of hydrogen-bond acceptors (Lipinski definition) is 2. The van der Waals surface area contributed by atoms with E-state index in [1.165, 1.54) is 25.1 Å². The van der Waals surface area contributed by atoms with Gasteiger partial charge in [-0.05, 0) is 36.3 Å². The Morgan fingerprint density at radius 3 is 2.42 bits per heavy atom. The molecule has 19 heavy (non-hydrogen) atoms. The zero-order chi connectivity index (χ0) is 13.8. The van der Waals surface area contributed by atoms with Crippen LogP contribution in [0, 0.1) is 11.8 Å². The van der Waals surface area contributed by atoms with Crippen molar-refractivity contribution in [3.05, 3.63) is 35.9 Å². The van der Waals surface area contributed by atoms with Crippen LogP contribution in [0.2, 0.25) is 0 Å². The third-order valence-corrected chi connectivity index (χ3v) is 4.81. The van der Waals surface area contributed by atoms with Crippen molar-refractivity contribution in [3.8, 4) is 0 Å². The van der Waals surface area contributed by atoms with Gasteiger partial charge in [0, 0.05) is 19.1 Å². The molecule has 106 valence electrons. The molecule has 0 saturated carbocycles. The van der Waals surface area contributed by atoms with Gasteiger partial charge in [-0.2, -0.15) is 0 Å². The van der Waals surface area contributed by atoms with E-state index in [4.69, 9.17) is 5.73 Å². The third kappa shape index (κ3) is 3.37. The number of hydrogen-bond donors (Lipinski definition) is 1.